The van der Waals surface area contributed by atoms with E-state index in [-0.39, 0.29) is 0 Å². The van der Waals surface area contributed by atoms with Gasteiger partial charge in [0, 0.05) is 4.88 Å². The lowest BCUT2D eigenvalue weighted by atomic mass is 10.5. The number of hydrogen-bond acceptors (Lipinski definition) is 2. The Morgan fingerprint density at radius 2 is 2.44 bits per heavy atom. The molecule has 1 aromatic rings. The lowest BCUT2D eigenvalue weighted by molar-refractivity contribution is -0.105. The standard InChI is InChI=1S/C6H7NOS/c1-5-2-3-6(9-5)7-4-8/h2-4H,1H3,(H,7,8). The number of amides is 1. The van der Waals surface area contributed by atoms with Crippen LogP contribution in [0.5, 0.6) is 0 Å². The molecular weight excluding hydrogens is 134 g/mol. The Hall–Kier alpha value is -0.830. The number of carbonyl (C=O) groups excluding carboxylic acids is 1. The van der Waals surface area contributed by atoms with Gasteiger partial charge in [-0.2, -0.15) is 0 Å². The van der Waals surface area contributed by atoms with Gasteiger partial charge in [-0.05, 0) is 19.1 Å². The molecule has 0 bridgehead atoms. The summed E-state index contributed by atoms with van der Waals surface area (Å²) >= 11 is 1.57. The van der Waals surface area contributed by atoms with E-state index in [0.717, 1.165) is 5.00 Å². The van der Waals surface area contributed by atoms with Crippen LogP contribution < -0.4 is 5.32 Å². The number of thiophene rings is 1. The maximum atomic E-state index is 9.88. The van der Waals surface area contributed by atoms with Gasteiger partial charge in [-0.1, -0.05) is 0 Å². The fourth-order valence-electron chi connectivity index (χ4n) is 0.570. The van der Waals surface area contributed by atoms with Gasteiger partial charge in [0.2, 0.25) is 6.41 Å². The first kappa shape index (κ1) is 6.29. The molecule has 48 valence electrons. The smallest absolute Gasteiger partial charge is 0.212 e. The molecule has 1 rings (SSSR count). The quantitative estimate of drug-likeness (QED) is 0.623. The molecule has 3 heteroatoms. The van der Waals surface area contributed by atoms with Crippen LogP contribution in [0, 0.1) is 6.92 Å². The monoisotopic (exact) mass is 141 g/mol. The van der Waals surface area contributed by atoms with Gasteiger partial charge in [0.1, 0.15) is 0 Å². The molecule has 2 nitrogen and oxygen atoms in total. The van der Waals surface area contributed by atoms with E-state index >= 15 is 0 Å². The van der Waals surface area contributed by atoms with Gasteiger partial charge in [0.25, 0.3) is 0 Å². The van der Waals surface area contributed by atoms with Crippen LogP contribution in [0.25, 0.3) is 0 Å². The van der Waals surface area contributed by atoms with Crippen molar-refractivity contribution in [1.29, 1.82) is 0 Å². The van der Waals surface area contributed by atoms with Crippen molar-refractivity contribution in [3.05, 3.63) is 17.0 Å². The summed E-state index contributed by atoms with van der Waals surface area (Å²) in [5.74, 6) is 0. The Morgan fingerprint density at radius 3 is 2.89 bits per heavy atom. The highest BCUT2D eigenvalue weighted by Crippen LogP contribution is 2.19. The van der Waals surface area contributed by atoms with Crippen LogP contribution in [0.1, 0.15) is 4.88 Å². The van der Waals surface area contributed by atoms with Crippen molar-refractivity contribution in [2.75, 3.05) is 5.32 Å². The third-order valence-corrected chi connectivity index (χ3v) is 1.87. The van der Waals surface area contributed by atoms with Crippen molar-refractivity contribution >= 4 is 22.7 Å². The highest BCUT2D eigenvalue weighted by molar-refractivity contribution is 7.16. The molecule has 1 heterocycles. The first-order valence-corrected chi connectivity index (χ1v) is 3.41. The van der Waals surface area contributed by atoms with Crippen LogP contribution in [0.3, 0.4) is 0 Å². The molecule has 0 saturated carbocycles. The molecule has 0 unspecified atom stereocenters. The Labute approximate surface area is 57.5 Å². The van der Waals surface area contributed by atoms with E-state index in [2.05, 4.69) is 5.32 Å². The highest BCUT2D eigenvalue weighted by atomic mass is 32.1. The van der Waals surface area contributed by atoms with Gasteiger partial charge >= 0.3 is 0 Å². The predicted molar refractivity (Wildman–Crippen MR) is 38.7 cm³/mol. The molecule has 0 aliphatic heterocycles. The predicted octanol–water partition coefficient (Wildman–Crippen LogP) is 1.62. The molecule has 0 atom stereocenters. The van der Waals surface area contributed by atoms with Crippen LogP contribution in [0.15, 0.2) is 12.1 Å². The zero-order valence-corrected chi connectivity index (χ0v) is 5.87. The zero-order valence-electron chi connectivity index (χ0n) is 5.05. The molecule has 1 amide bonds. The van der Waals surface area contributed by atoms with Crippen molar-refractivity contribution in [1.82, 2.24) is 0 Å². The van der Waals surface area contributed by atoms with Crippen LogP contribution in [-0.4, -0.2) is 6.41 Å². The van der Waals surface area contributed by atoms with Crippen molar-refractivity contribution in [2.24, 2.45) is 0 Å². The van der Waals surface area contributed by atoms with Crippen molar-refractivity contribution < 1.29 is 4.79 Å². The molecular formula is C6H7NOS. The van der Waals surface area contributed by atoms with Gasteiger partial charge in [-0.15, -0.1) is 11.3 Å². The lowest BCUT2D eigenvalue weighted by Gasteiger charge is -1.85. The normalized spacial score (nSPS) is 9.00. The first-order valence-electron chi connectivity index (χ1n) is 2.59. The maximum absolute atomic E-state index is 9.88. The summed E-state index contributed by atoms with van der Waals surface area (Å²) in [7, 11) is 0. The number of rotatable bonds is 2. The number of aryl methyl sites for hydroxylation is 1. The van der Waals surface area contributed by atoms with Gasteiger partial charge in [-0.25, -0.2) is 0 Å². The van der Waals surface area contributed by atoms with Gasteiger partial charge < -0.3 is 5.32 Å². The Morgan fingerprint density at radius 1 is 1.67 bits per heavy atom. The van der Waals surface area contributed by atoms with Gasteiger partial charge in [0.15, 0.2) is 0 Å². The summed E-state index contributed by atoms with van der Waals surface area (Å²) in [4.78, 5) is 11.1. The van der Waals surface area contributed by atoms with Crippen LogP contribution >= 0.6 is 11.3 Å². The van der Waals surface area contributed by atoms with E-state index in [9.17, 15) is 4.79 Å². The average Bonchev–Trinajstić information content (AvgIpc) is 2.17. The summed E-state index contributed by atoms with van der Waals surface area (Å²) < 4.78 is 0. The summed E-state index contributed by atoms with van der Waals surface area (Å²) in [5.41, 5.74) is 0. The third kappa shape index (κ3) is 1.54. The minimum absolute atomic E-state index is 0.686. The number of nitrogens with one attached hydrogen (secondary N) is 1. The Bertz CT molecular complexity index is 207. The number of anilines is 1. The molecule has 0 aromatic carbocycles. The van der Waals surface area contributed by atoms with Crippen LogP contribution in [-0.2, 0) is 4.79 Å². The first-order chi connectivity index (χ1) is 4.33. The van der Waals surface area contributed by atoms with Crippen molar-refractivity contribution in [2.45, 2.75) is 6.92 Å². The van der Waals surface area contributed by atoms with E-state index in [1.807, 2.05) is 19.1 Å². The topological polar surface area (TPSA) is 29.1 Å². The van der Waals surface area contributed by atoms with Gasteiger partial charge in [0.05, 0.1) is 5.00 Å². The summed E-state index contributed by atoms with van der Waals surface area (Å²) in [6.07, 6.45) is 0.686. The number of hydrogen-bond donors (Lipinski definition) is 1. The van der Waals surface area contributed by atoms with Gasteiger partial charge in [-0.3, -0.25) is 4.79 Å². The molecule has 9 heavy (non-hydrogen) atoms. The molecule has 0 saturated heterocycles. The highest BCUT2D eigenvalue weighted by Gasteiger charge is 1.91. The summed E-state index contributed by atoms with van der Waals surface area (Å²) in [6, 6.07) is 3.85. The SMILES string of the molecule is Cc1ccc(NC=O)s1. The second-order valence-corrected chi connectivity index (χ2v) is 2.96. The van der Waals surface area contributed by atoms with E-state index in [4.69, 9.17) is 0 Å². The fourth-order valence-corrected chi connectivity index (χ4v) is 1.30. The number of carbonyl (C=O) groups is 1. The largest absolute Gasteiger partial charge is 0.320 e. The summed E-state index contributed by atoms with van der Waals surface area (Å²) in [5, 5.41) is 3.47. The van der Waals surface area contributed by atoms with Crippen LogP contribution in [0.4, 0.5) is 5.00 Å². The molecule has 0 aliphatic rings. The minimum Gasteiger partial charge on any atom is -0.320 e. The molecule has 1 N–H and O–H groups in total. The fraction of sp³-hybridized carbons (Fsp3) is 0.167. The lowest BCUT2D eigenvalue weighted by Crippen LogP contribution is -1.88. The molecule has 1 aromatic heterocycles. The van der Waals surface area contributed by atoms with E-state index in [1.165, 1.54) is 4.88 Å². The van der Waals surface area contributed by atoms with Crippen LogP contribution in [0.2, 0.25) is 0 Å². The van der Waals surface area contributed by atoms with E-state index in [1.54, 1.807) is 11.3 Å². The second kappa shape index (κ2) is 2.64. The second-order valence-electron chi connectivity index (χ2n) is 1.67. The molecule has 0 radical (unpaired) electrons. The third-order valence-electron chi connectivity index (χ3n) is 0.942. The maximum Gasteiger partial charge on any atom is 0.212 e. The zero-order chi connectivity index (χ0) is 6.69. The summed E-state index contributed by atoms with van der Waals surface area (Å²) in [6.45, 7) is 2.00. The van der Waals surface area contributed by atoms with Crippen molar-refractivity contribution in [3.8, 4) is 0 Å². The molecule has 0 aliphatic carbocycles. The molecule has 0 spiro atoms. The Kier molecular flexibility index (Phi) is 1.85. The minimum atomic E-state index is 0.686. The van der Waals surface area contributed by atoms with E-state index < -0.39 is 0 Å². The molecule has 0 fully saturated rings. The van der Waals surface area contributed by atoms with Crippen molar-refractivity contribution in [3.63, 3.8) is 0 Å². The Balaban J connectivity index is 2.72. The average molecular weight is 141 g/mol. The van der Waals surface area contributed by atoms with E-state index in [0.29, 0.717) is 6.41 Å².